The van der Waals surface area contributed by atoms with Gasteiger partial charge in [-0.05, 0) is 5.92 Å². The lowest BCUT2D eigenvalue weighted by Crippen LogP contribution is -2.40. The van der Waals surface area contributed by atoms with Crippen molar-refractivity contribution in [2.45, 2.75) is 19.9 Å². The Hall–Kier alpha value is -0.280. The monoisotopic (exact) mass is 152 g/mol. The molecule has 9 heavy (non-hydrogen) atoms. The van der Waals surface area contributed by atoms with Gasteiger partial charge in [-0.15, -0.1) is 12.4 Å². The average molecular weight is 153 g/mol. The molecule has 4 heteroatoms. The largest absolute Gasteiger partial charge is 0.368 e. The highest BCUT2D eigenvalue weighted by Crippen LogP contribution is 1.95. The zero-order valence-corrected chi connectivity index (χ0v) is 6.44. The molecule has 0 radical (unpaired) electrons. The molecule has 0 spiro atoms. The Kier molecular flexibility index (Phi) is 5.86. The number of carbonyl (C=O) groups excluding carboxylic acids is 1. The summed E-state index contributed by atoms with van der Waals surface area (Å²) in [6, 6.07) is -0.491. The number of carbonyl (C=O) groups is 1. The van der Waals surface area contributed by atoms with E-state index in [1.807, 2.05) is 13.8 Å². The number of amides is 1. The Labute approximate surface area is 61.2 Å². The lowest BCUT2D eigenvalue weighted by atomic mass is 10.1. The van der Waals surface area contributed by atoms with Crippen LogP contribution in [-0.4, -0.2) is 11.9 Å². The molecule has 0 heterocycles. The summed E-state index contributed by atoms with van der Waals surface area (Å²) in [7, 11) is 0. The molecular weight excluding hydrogens is 140 g/mol. The highest BCUT2D eigenvalue weighted by atomic mass is 35.5. The highest BCUT2D eigenvalue weighted by molar-refractivity contribution is 5.85. The van der Waals surface area contributed by atoms with Gasteiger partial charge in [0.25, 0.3) is 0 Å². The summed E-state index contributed by atoms with van der Waals surface area (Å²) < 4.78 is 0. The standard InChI is InChI=1S/C5H12N2O.ClH/c1-3(2)4(6)5(7)8;/h3-4H,6H2,1-2H3,(H2,7,8);1H/t4-;/m1./s1. The molecule has 56 valence electrons. The molecule has 0 aliphatic carbocycles. The van der Waals surface area contributed by atoms with Crippen LogP contribution in [0.15, 0.2) is 0 Å². The Morgan fingerprint density at radius 1 is 1.44 bits per heavy atom. The van der Waals surface area contributed by atoms with Gasteiger partial charge in [0.2, 0.25) is 5.91 Å². The summed E-state index contributed by atoms with van der Waals surface area (Å²) in [4.78, 5) is 10.2. The van der Waals surface area contributed by atoms with Crippen molar-refractivity contribution < 1.29 is 4.79 Å². The lowest BCUT2D eigenvalue weighted by Gasteiger charge is -2.09. The molecule has 0 aliphatic heterocycles. The number of primary amides is 1. The predicted octanol–water partition coefficient (Wildman–Crippen LogP) is -0.123. The van der Waals surface area contributed by atoms with Crippen LogP contribution in [0.25, 0.3) is 0 Å². The predicted molar refractivity (Wildman–Crippen MR) is 39.3 cm³/mol. The molecule has 1 atom stereocenters. The fourth-order valence-electron chi connectivity index (χ4n) is 0.329. The van der Waals surface area contributed by atoms with E-state index in [-0.39, 0.29) is 18.3 Å². The first kappa shape index (κ1) is 11.5. The van der Waals surface area contributed by atoms with Crippen molar-refractivity contribution in [3.8, 4) is 0 Å². The zero-order valence-electron chi connectivity index (χ0n) is 5.63. The van der Waals surface area contributed by atoms with Crippen LogP contribution in [0.3, 0.4) is 0 Å². The van der Waals surface area contributed by atoms with Gasteiger partial charge in [0.1, 0.15) is 0 Å². The Balaban J connectivity index is 0. The van der Waals surface area contributed by atoms with E-state index in [0.717, 1.165) is 0 Å². The van der Waals surface area contributed by atoms with Gasteiger partial charge in [0, 0.05) is 0 Å². The minimum absolute atomic E-state index is 0. The van der Waals surface area contributed by atoms with Crippen molar-refractivity contribution in [2.75, 3.05) is 0 Å². The van der Waals surface area contributed by atoms with Crippen LogP contribution in [0.2, 0.25) is 0 Å². The molecule has 0 rings (SSSR count). The van der Waals surface area contributed by atoms with Crippen molar-refractivity contribution in [1.29, 1.82) is 0 Å². The van der Waals surface area contributed by atoms with Gasteiger partial charge in [-0.1, -0.05) is 13.8 Å². The summed E-state index contributed by atoms with van der Waals surface area (Å²) in [6.45, 7) is 3.71. The van der Waals surface area contributed by atoms with Crippen LogP contribution < -0.4 is 11.5 Å². The SMILES string of the molecule is CC(C)[C@@H](N)C(N)=O.Cl. The van der Waals surface area contributed by atoms with E-state index < -0.39 is 11.9 Å². The van der Waals surface area contributed by atoms with E-state index in [0.29, 0.717) is 0 Å². The van der Waals surface area contributed by atoms with E-state index in [4.69, 9.17) is 11.5 Å². The van der Waals surface area contributed by atoms with Crippen LogP contribution in [0, 0.1) is 5.92 Å². The second-order valence-corrected chi connectivity index (χ2v) is 2.17. The summed E-state index contributed by atoms with van der Waals surface area (Å²) in [5, 5.41) is 0. The first-order valence-corrected chi connectivity index (χ1v) is 2.60. The second-order valence-electron chi connectivity index (χ2n) is 2.17. The van der Waals surface area contributed by atoms with E-state index in [1.165, 1.54) is 0 Å². The first-order valence-electron chi connectivity index (χ1n) is 2.60. The van der Waals surface area contributed by atoms with Crippen molar-refractivity contribution in [3.05, 3.63) is 0 Å². The molecule has 0 bridgehead atoms. The normalized spacial score (nSPS) is 12.4. The van der Waals surface area contributed by atoms with Gasteiger partial charge >= 0.3 is 0 Å². The summed E-state index contributed by atoms with van der Waals surface area (Å²) in [5.41, 5.74) is 10.2. The third-order valence-corrected chi connectivity index (χ3v) is 1.05. The van der Waals surface area contributed by atoms with Crippen molar-refractivity contribution in [3.63, 3.8) is 0 Å². The molecule has 0 fully saturated rings. The maximum atomic E-state index is 10.2. The molecule has 0 unspecified atom stereocenters. The van der Waals surface area contributed by atoms with Crippen LogP contribution in [0.1, 0.15) is 13.8 Å². The quantitative estimate of drug-likeness (QED) is 0.579. The van der Waals surface area contributed by atoms with E-state index in [9.17, 15) is 4.79 Å². The zero-order chi connectivity index (χ0) is 6.73. The minimum atomic E-state index is -0.491. The van der Waals surface area contributed by atoms with Crippen LogP contribution in [0.4, 0.5) is 0 Å². The van der Waals surface area contributed by atoms with Gasteiger partial charge in [0.05, 0.1) is 6.04 Å². The van der Waals surface area contributed by atoms with Crippen LogP contribution in [-0.2, 0) is 4.79 Å². The molecular formula is C5H13ClN2O. The maximum Gasteiger partial charge on any atom is 0.234 e. The number of rotatable bonds is 2. The lowest BCUT2D eigenvalue weighted by molar-refractivity contribution is -0.120. The number of hydrogen-bond donors (Lipinski definition) is 2. The number of nitrogens with two attached hydrogens (primary N) is 2. The average Bonchev–Trinajstić information content (AvgIpc) is 1.64. The van der Waals surface area contributed by atoms with Crippen LogP contribution in [0.5, 0.6) is 0 Å². The topological polar surface area (TPSA) is 69.1 Å². The second kappa shape index (κ2) is 4.58. The van der Waals surface area contributed by atoms with E-state index in [1.54, 1.807) is 0 Å². The van der Waals surface area contributed by atoms with Gasteiger partial charge in [-0.3, -0.25) is 4.79 Å². The Morgan fingerprint density at radius 3 is 1.78 bits per heavy atom. The minimum Gasteiger partial charge on any atom is -0.368 e. The van der Waals surface area contributed by atoms with Crippen molar-refractivity contribution >= 4 is 18.3 Å². The molecule has 0 aliphatic rings. The Morgan fingerprint density at radius 2 is 1.78 bits per heavy atom. The molecule has 4 N–H and O–H groups in total. The van der Waals surface area contributed by atoms with Crippen LogP contribution >= 0.6 is 12.4 Å². The summed E-state index contributed by atoms with van der Waals surface area (Å²) in [5.74, 6) is -0.285. The van der Waals surface area contributed by atoms with Crippen molar-refractivity contribution in [2.24, 2.45) is 17.4 Å². The molecule has 0 aromatic rings. The molecule has 0 aromatic heterocycles. The van der Waals surface area contributed by atoms with Gasteiger partial charge < -0.3 is 11.5 Å². The van der Waals surface area contributed by atoms with E-state index >= 15 is 0 Å². The fraction of sp³-hybridized carbons (Fsp3) is 0.800. The van der Waals surface area contributed by atoms with Gasteiger partial charge in [-0.25, -0.2) is 0 Å². The third-order valence-electron chi connectivity index (χ3n) is 1.05. The fourth-order valence-corrected chi connectivity index (χ4v) is 0.329. The van der Waals surface area contributed by atoms with Crippen molar-refractivity contribution in [1.82, 2.24) is 0 Å². The number of hydrogen-bond acceptors (Lipinski definition) is 2. The third kappa shape index (κ3) is 4.24. The molecule has 1 amide bonds. The summed E-state index contributed by atoms with van der Waals surface area (Å²) in [6.07, 6.45) is 0. The smallest absolute Gasteiger partial charge is 0.234 e. The molecule has 0 saturated carbocycles. The molecule has 3 nitrogen and oxygen atoms in total. The number of halogens is 1. The summed E-state index contributed by atoms with van der Waals surface area (Å²) >= 11 is 0. The molecule has 0 saturated heterocycles. The highest BCUT2D eigenvalue weighted by Gasteiger charge is 2.12. The van der Waals surface area contributed by atoms with E-state index in [2.05, 4.69) is 0 Å². The maximum absolute atomic E-state index is 10.2. The van der Waals surface area contributed by atoms with Gasteiger partial charge in [0.15, 0.2) is 0 Å². The van der Waals surface area contributed by atoms with Gasteiger partial charge in [-0.2, -0.15) is 0 Å². The Bertz CT molecular complexity index is 95.0. The molecule has 0 aromatic carbocycles. The first-order chi connectivity index (χ1) is 3.55.